The van der Waals surface area contributed by atoms with E-state index in [4.69, 9.17) is 22.7 Å². The van der Waals surface area contributed by atoms with E-state index in [1.165, 1.54) is 0 Å². The summed E-state index contributed by atoms with van der Waals surface area (Å²) in [4.78, 5) is 16.6. The molecule has 0 spiro atoms. The number of hydrogen-bond donors (Lipinski definition) is 1. The summed E-state index contributed by atoms with van der Waals surface area (Å²) in [5.41, 5.74) is 5.51. The topological polar surface area (TPSA) is 58.8 Å². The smallest absolute Gasteiger partial charge is 0.236 e. The van der Waals surface area contributed by atoms with Crippen molar-refractivity contribution >= 4 is 23.1 Å². The van der Waals surface area contributed by atoms with Crippen molar-refractivity contribution in [2.24, 2.45) is 5.73 Å². The third-order valence-electron chi connectivity index (χ3n) is 3.08. The summed E-state index contributed by atoms with van der Waals surface area (Å²) in [6.07, 6.45) is 0.657. The van der Waals surface area contributed by atoms with Gasteiger partial charge in [-0.2, -0.15) is 0 Å². The van der Waals surface area contributed by atoms with E-state index in [1.807, 2.05) is 4.90 Å². The SMILES string of the molecule is CC(C)N(CCC(N)=S)CC(=O)N1CCOCC1. The molecule has 1 aliphatic rings. The molecule has 0 atom stereocenters. The minimum Gasteiger partial charge on any atom is -0.393 e. The number of morpholine rings is 1. The second kappa shape index (κ2) is 7.66. The molecular formula is C12H23N3O2S. The predicted molar refractivity (Wildman–Crippen MR) is 75.5 cm³/mol. The van der Waals surface area contributed by atoms with Gasteiger partial charge in [0, 0.05) is 32.1 Å². The number of carbonyl (C=O) groups excluding carboxylic acids is 1. The summed E-state index contributed by atoms with van der Waals surface area (Å²) < 4.78 is 5.24. The van der Waals surface area contributed by atoms with Gasteiger partial charge in [-0.05, 0) is 13.8 Å². The fourth-order valence-corrected chi connectivity index (χ4v) is 1.95. The zero-order valence-corrected chi connectivity index (χ0v) is 12.0. The van der Waals surface area contributed by atoms with E-state index in [9.17, 15) is 4.79 Å². The quantitative estimate of drug-likeness (QED) is 0.702. The lowest BCUT2D eigenvalue weighted by atomic mass is 10.2. The Bertz CT molecular complexity index is 291. The summed E-state index contributed by atoms with van der Waals surface area (Å²) in [7, 11) is 0. The van der Waals surface area contributed by atoms with E-state index >= 15 is 0 Å². The van der Waals surface area contributed by atoms with Crippen LogP contribution in [0.2, 0.25) is 0 Å². The minimum atomic E-state index is 0.162. The summed E-state index contributed by atoms with van der Waals surface area (Å²) in [6, 6.07) is 0.310. The summed E-state index contributed by atoms with van der Waals surface area (Å²) in [6.45, 7) is 7.99. The van der Waals surface area contributed by atoms with Gasteiger partial charge in [-0.15, -0.1) is 0 Å². The largest absolute Gasteiger partial charge is 0.393 e. The maximum atomic E-state index is 12.1. The molecule has 104 valence electrons. The number of hydrogen-bond acceptors (Lipinski definition) is 4. The third-order valence-corrected chi connectivity index (χ3v) is 3.28. The van der Waals surface area contributed by atoms with Crippen LogP contribution in [-0.2, 0) is 9.53 Å². The van der Waals surface area contributed by atoms with Crippen LogP contribution in [0.3, 0.4) is 0 Å². The molecule has 0 aliphatic carbocycles. The van der Waals surface area contributed by atoms with E-state index in [2.05, 4.69) is 18.7 Å². The molecule has 1 saturated heterocycles. The molecule has 0 unspecified atom stereocenters. The van der Waals surface area contributed by atoms with Crippen molar-refractivity contribution in [2.45, 2.75) is 26.3 Å². The van der Waals surface area contributed by atoms with Crippen molar-refractivity contribution in [3.63, 3.8) is 0 Å². The van der Waals surface area contributed by atoms with Crippen LogP contribution in [0.25, 0.3) is 0 Å². The number of carbonyl (C=O) groups is 1. The van der Waals surface area contributed by atoms with Crippen molar-refractivity contribution in [1.29, 1.82) is 0 Å². The number of nitrogens with two attached hydrogens (primary N) is 1. The monoisotopic (exact) mass is 273 g/mol. The number of thiocarbonyl (C=S) groups is 1. The zero-order chi connectivity index (χ0) is 13.5. The number of nitrogens with zero attached hydrogens (tertiary/aromatic N) is 2. The highest BCUT2D eigenvalue weighted by Crippen LogP contribution is 2.04. The highest BCUT2D eigenvalue weighted by molar-refractivity contribution is 7.80. The van der Waals surface area contributed by atoms with Crippen LogP contribution in [-0.4, -0.2) is 66.1 Å². The standard InChI is InChI=1S/C12H23N3O2S/c1-10(2)15(4-3-11(13)18)9-12(16)14-5-7-17-8-6-14/h10H,3-9H2,1-2H3,(H2,13,18). The Kier molecular flexibility index (Phi) is 6.52. The van der Waals surface area contributed by atoms with Gasteiger partial charge in [-0.1, -0.05) is 12.2 Å². The lowest BCUT2D eigenvalue weighted by Crippen LogP contribution is -2.47. The molecule has 0 radical (unpaired) electrons. The first kappa shape index (κ1) is 15.3. The lowest BCUT2D eigenvalue weighted by molar-refractivity contribution is -0.136. The average Bonchev–Trinajstić information content (AvgIpc) is 2.34. The Labute approximate surface area is 114 Å². The fraction of sp³-hybridized carbons (Fsp3) is 0.833. The molecule has 0 saturated carbocycles. The Balaban J connectivity index is 2.43. The molecule has 5 nitrogen and oxygen atoms in total. The Morgan fingerprint density at radius 2 is 2.06 bits per heavy atom. The van der Waals surface area contributed by atoms with Crippen molar-refractivity contribution < 1.29 is 9.53 Å². The van der Waals surface area contributed by atoms with Crippen LogP contribution in [0.4, 0.5) is 0 Å². The Morgan fingerprint density at radius 1 is 1.44 bits per heavy atom. The highest BCUT2D eigenvalue weighted by atomic mass is 32.1. The van der Waals surface area contributed by atoms with E-state index in [-0.39, 0.29) is 5.91 Å². The van der Waals surface area contributed by atoms with Crippen LogP contribution in [0.1, 0.15) is 20.3 Å². The van der Waals surface area contributed by atoms with Crippen LogP contribution < -0.4 is 5.73 Å². The first-order chi connectivity index (χ1) is 8.50. The molecule has 0 aromatic rings. The van der Waals surface area contributed by atoms with E-state index in [1.54, 1.807) is 0 Å². The third kappa shape index (κ3) is 5.29. The lowest BCUT2D eigenvalue weighted by Gasteiger charge is -2.31. The molecule has 18 heavy (non-hydrogen) atoms. The Morgan fingerprint density at radius 3 is 2.56 bits per heavy atom. The van der Waals surface area contributed by atoms with Gasteiger partial charge >= 0.3 is 0 Å². The average molecular weight is 273 g/mol. The van der Waals surface area contributed by atoms with Gasteiger partial charge in [-0.25, -0.2) is 0 Å². The van der Waals surface area contributed by atoms with Crippen LogP contribution in [0.15, 0.2) is 0 Å². The number of ether oxygens (including phenoxy) is 1. The van der Waals surface area contributed by atoms with Gasteiger partial charge in [0.15, 0.2) is 0 Å². The van der Waals surface area contributed by atoms with Crippen LogP contribution >= 0.6 is 12.2 Å². The molecule has 0 bridgehead atoms. The Hall–Kier alpha value is -0.720. The maximum absolute atomic E-state index is 12.1. The van der Waals surface area contributed by atoms with Gasteiger partial charge in [0.2, 0.25) is 5.91 Å². The number of rotatable bonds is 6. The molecule has 1 heterocycles. The first-order valence-electron chi connectivity index (χ1n) is 6.38. The summed E-state index contributed by atoms with van der Waals surface area (Å²) in [5.74, 6) is 0.162. The molecular weight excluding hydrogens is 250 g/mol. The second-order valence-corrected chi connectivity index (χ2v) is 5.30. The van der Waals surface area contributed by atoms with Gasteiger partial charge in [0.1, 0.15) is 0 Å². The predicted octanol–water partition coefficient (Wildman–Crippen LogP) is 0.232. The van der Waals surface area contributed by atoms with Crippen LogP contribution in [0, 0.1) is 0 Å². The van der Waals surface area contributed by atoms with Crippen molar-refractivity contribution in [3.05, 3.63) is 0 Å². The molecule has 0 aromatic heterocycles. The molecule has 1 rings (SSSR count). The van der Waals surface area contributed by atoms with Crippen molar-refractivity contribution in [2.75, 3.05) is 39.4 Å². The summed E-state index contributed by atoms with van der Waals surface area (Å²) >= 11 is 4.88. The molecule has 2 N–H and O–H groups in total. The molecule has 1 amide bonds. The first-order valence-corrected chi connectivity index (χ1v) is 6.79. The minimum absolute atomic E-state index is 0.162. The van der Waals surface area contributed by atoms with Gasteiger partial charge in [0.05, 0.1) is 24.7 Å². The highest BCUT2D eigenvalue weighted by Gasteiger charge is 2.20. The molecule has 1 fully saturated rings. The van der Waals surface area contributed by atoms with Crippen molar-refractivity contribution in [1.82, 2.24) is 9.80 Å². The second-order valence-electron chi connectivity index (χ2n) is 4.77. The van der Waals surface area contributed by atoms with Gasteiger partial charge in [-0.3, -0.25) is 9.69 Å². The van der Waals surface area contributed by atoms with E-state index in [0.717, 1.165) is 6.54 Å². The van der Waals surface area contributed by atoms with Gasteiger partial charge in [0.25, 0.3) is 0 Å². The van der Waals surface area contributed by atoms with E-state index in [0.29, 0.717) is 50.3 Å². The number of amides is 1. The van der Waals surface area contributed by atoms with E-state index < -0.39 is 0 Å². The van der Waals surface area contributed by atoms with Gasteiger partial charge < -0.3 is 15.4 Å². The van der Waals surface area contributed by atoms with Crippen molar-refractivity contribution in [3.8, 4) is 0 Å². The fourth-order valence-electron chi connectivity index (χ4n) is 1.86. The zero-order valence-electron chi connectivity index (χ0n) is 11.2. The normalized spacial score (nSPS) is 16.3. The molecule has 1 aliphatic heterocycles. The maximum Gasteiger partial charge on any atom is 0.236 e. The molecule has 6 heteroatoms. The summed E-state index contributed by atoms with van der Waals surface area (Å²) in [5, 5.41) is 0. The molecule has 0 aromatic carbocycles. The van der Waals surface area contributed by atoms with Crippen LogP contribution in [0.5, 0.6) is 0 Å².